The molecule has 2 aromatic carbocycles. The normalized spacial score (nSPS) is 20.0. The van der Waals surface area contributed by atoms with E-state index in [0.29, 0.717) is 26.1 Å². The van der Waals surface area contributed by atoms with E-state index in [4.69, 9.17) is 21.1 Å². The number of rotatable bonds is 7. The van der Waals surface area contributed by atoms with Crippen LogP contribution < -0.4 is 4.74 Å². The summed E-state index contributed by atoms with van der Waals surface area (Å²) in [6.07, 6.45) is 1.87. The number of hydrogen-bond donors (Lipinski definition) is 0. The topological polar surface area (TPSA) is 52.6 Å². The van der Waals surface area contributed by atoms with Crippen molar-refractivity contribution in [2.45, 2.75) is 36.0 Å². The minimum Gasteiger partial charge on any atom is -0.497 e. The number of sulfone groups is 1. The summed E-state index contributed by atoms with van der Waals surface area (Å²) in [6.45, 7) is 0.983. The Morgan fingerprint density at radius 1 is 1.15 bits per heavy atom. The number of hydrogen-bond acceptors (Lipinski definition) is 4. The van der Waals surface area contributed by atoms with E-state index in [1.165, 1.54) is 6.07 Å². The van der Waals surface area contributed by atoms with Crippen LogP contribution in [0.25, 0.3) is 0 Å². The second kappa shape index (κ2) is 8.59. The third-order valence-electron chi connectivity index (χ3n) is 4.91. The van der Waals surface area contributed by atoms with Gasteiger partial charge >= 0.3 is 0 Å². The van der Waals surface area contributed by atoms with Gasteiger partial charge in [0.05, 0.1) is 28.9 Å². The van der Waals surface area contributed by atoms with E-state index in [1.807, 2.05) is 24.3 Å². The van der Waals surface area contributed by atoms with E-state index in [-0.39, 0.29) is 15.8 Å². The standard InChI is InChI=1S/C20H22ClFO4S/c1-25-17-6-2-14(3-7-17)12-26-13-15-4-8-18(10-15)27(23,24)20-9-5-16(22)11-19(20)21/h2-3,5-7,9,11,15,18H,4,8,10,12-13H2,1H3/t15-,18+/m1/s1. The summed E-state index contributed by atoms with van der Waals surface area (Å²) in [4.78, 5) is 0.00960. The molecule has 0 aromatic heterocycles. The van der Waals surface area contributed by atoms with Gasteiger partial charge in [0.15, 0.2) is 9.84 Å². The van der Waals surface area contributed by atoms with E-state index in [0.717, 1.165) is 29.9 Å². The Morgan fingerprint density at radius 3 is 2.56 bits per heavy atom. The van der Waals surface area contributed by atoms with Crippen molar-refractivity contribution >= 4 is 21.4 Å². The van der Waals surface area contributed by atoms with Gasteiger partial charge in [-0.05, 0) is 61.1 Å². The highest BCUT2D eigenvalue weighted by Crippen LogP contribution is 2.36. The molecule has 27 heavy (non-hydrogen) atoms. The third-order valence-corrected chi connectivity index (χ3v) is 7.61. The predicted octanol–water partition coefficient (Wildman–Crippen LogP) is 4.65. The lowest BCUT2D eigenvalue weighted by Gasteiger charge is -2.14. The molecule has 2 atom stereocenters. The van der Waals surface area contributed by atoms with E-state index >= 15 is 0 Å². The number of halogens is 2. The maximum Gasteiger partial charge on any atom is 0.182 e. The van der Waals surface area contributed by atoms with Crippen LogP contribution in [0.1, 0.15) is 24.8 Å². The van der Waals surface area contributed by atoms with Crippen molar-refractivity contribution in [1.29, 1.82) is 0 Å². The second-order valence-corrected chi connectivity index (χ2v) is 9.39. The average Bonchev–Trinajstić information content (AvgIpc) is 3.12. The molecular formula is C20H22ClFO4S. The van der Waals surface area contributed by atoms with Crippen LogP contribution in [0.4, 0.5) is 4.39 Å². The molecule has 7 heteroatoms. The second-order valence-electron chi connectivity index (χ2n) is 6.78. The SMILES string of the molecule is COc1ccc(COC[C@@H]2CC[C@H](S(=O)(=O)c3ccc(F)cc3Cl)C2)cc1. The Kier molecular flexibility index (Phi) is 6.40. The summed E-state index contributed by atoms with van der Waals surface area (Å²) < 4.78 is 49.7. The van der Waals surface area contributed by atoms with Crippen molar-refractivity contribution < 1.29 is 22.3 Å². The lowest BCUT2D eigenvalue weighted by atomic mass is 10.1. The molecule has 0 unspecified atom stereocenters. The molecule has 0 radical (unpaired) electrons. The van der Waals surface area contributed by atoms with E-state index in [2.05, 4.69) is 0 Å². The summed E-state index contributed by atoms with van der Waals surface area (Å²) in [5.74, 6) is 0.430. The number of ether oxygens (including phenoxy) is 2. The fourth-order valence-electron chi connectivity index (χ4n) is 3.41. The minimum atomic E-state index is -3.57. The summed E-state index contributed by atoms with van der Waals surface area (Å²) in [5.41, 5.74) is 1.04. The van der Waals surface area contributed by atoms with Crippen molar-refractivity contribution in [3.05, 3.63) is 58.9 Å². The molecule has 0 aliphatic heterocycles. The van der Waals surface area contributed by atoms with Gasteiger partial charge in [0.2, 0.25) is 0 Å². The van der Waals surface area contributed by atoms with E-state index in [9.17, 15) is 12.8 Å². The van der Waals surface area contributed by atoms with Gasteiger partial charge in [0.1, 0.15) is 11.6 Å². The molecule has 1 aliphatic rings. The maximum atomic E-state index is 13.2. The van der Waals surface area contributed by atoms with Crippen molar-refractivity contribution in [2.24, 2.45) is 5.92 Å². The molecular weight excluding hydrogens is 391 g/mol. The first-order valence-electron chi connectivity index (χ1n) is 8.80. The molecule has 0 saturated heterocycles. The minimum absolute atomic E-state index is 0.00960. The van der Waals surface area contributed by atoms with Gasteiger partial charge < -0.3 is 9.47 Å². The van der Waals surface area contributed by atoms with Gasteiger partial charge in [0.25, 0.3) is 0 Å². The van der Waals surface area contributed by atoms with Crippen molar-refractivity contribution in [3.63, 3.8) is 0 Å². The predicted molar refractivity (Wildman–Crippen MR) is 102 cm³/mol. The third kappa shape index (κ3) is 4.81. The quantitative estimate of drug-likeness (QED) is 0.621. The highest BCUT2D eigenvalue weighted by Gasteiger charge is 2.36. The summed E-state index contributed by atoms with van der Waals surface area (Å²) in [7, 11) is -1.95. The molecule has 1 fully saturated rings. The van der Waals surface area contributed by atoms with Gasteiger partial charge in [-0.2, -0.15) is 0 Å². The van der Waals surface area contributed by atoms with Crippen LogP contribution in [0.5, 0.6) is 5.75 Å². The molecule has 0 heterocycles. The maximum absolute atomic E-state index is 13.2. The van der Waals surface area contributed by atoms with Crippen LogP contribution >= 0.6 is 11.6 Å². The van der Waals surface area contributed by atoms with Crippen molar-refractivity contribution in [1.82, 2.24) is 0 Å². The van der Waals surface area contributed by atoms with Crippen molar-refractivity contribution in [2.75, 3.05) is 13.7 Å². The Balaban J connectivity index is 1.54. The van der Waals surface area contributed by atoms with Gasteiger partial charge in [-0.1, -0.05) is 23.7 Å². The lowest BCUT2D eigenvalue weighted by Crippen LogP contribution is -2.19. The van der Waals surface area contributed by atoms with Crippen LogP contribution in [0.15, 0.2) is 47.4 Å². The van der Waals surface area contributed by atoms with Gasteiger partial charge in [-0.25, -0.2) is 12.8 Å². The first-order valence-corrected chi connectivity index (χ1v) is 10.7. The van der Waals surface area contributed by atoms with E-state index in [1.54, 1.807) is 7.11 Å². The van der Waals surface area contributed by atoms with Crippen LogP contribution in [0.3, 0.4) is 0 Å². The first kappa shape index (κ1) is 20.1. The zero-order valence-corrected chi connectivity index (χ0v) is 16.6. The van der Waals surface area contributed by atoms with Crippen LogP contribution in [0.2, 0.25) is 5.02 Å². The number of methoxy groups -OCH3 is 1. The highest BCUT2D eigenvalue weighted by molar-refractivity contribution is 7.92. The molecule has 0 spiro atoms. The molecule has 0 bridgehead atoms. The first-order chi connectivity index (χ1) is 12.9. The summed E-state index contributed by atoms with van der Waals surface area (Å²) >= 11 is 5.95. The zero-order valence-electron chi connectivity index (χ0n) is 15.0. The monoisotopic (exact) mass is 412 g/mol. The van der Waals surface area contributed by atoms with Crippen LogP contribution in [-0.4, -0.2) is 27.4 Å². The Bertz CT molecular complexity index is 883. The Hall–Kier alpha value is -1.63. The summed E-state index contributed by atoms with van der Waals surface area (Å²) in [6, 6.07) is 11.1. The van der Waals surface area contributed by atoms with Gasteiger partial charge in [-0.15, -0.1) is 0 Å². The molecule has 4 nitrogen and oxygen atoms in total. The Labute approximate surface area is 164 Å². The molecule has 1 aliphatic carbocycles. The largest absolute Gasteiger partial charge is 0.497 e. The van der Waals surface area contributed by atoms with E-state index < -0.39 is 20.9 Å². The molecule has 0 amide bonds. The van der Waals surface area contributed by atoms with Crippen LogP contribution in [0, 0.1) is 11.7 Å². The molecule has 146 valence electrons. The molecule has 3 rings (SSSR count). The summed E-state index contributed by atoms with van der Waals surface area (Å²) in [5, 5.41) is -0.566. The molecule has 2 aromatic rings. The highest BCUT2D eigenvalue weighted by atomic mass is 35.5. The van der Waals surface area contributed by atoms with Crippen LogP contribution in [-0.2, 0) is 21.2 Å². The van der Waals surface area contributed by atoms with Gasteiger partial charge in [0, 0.05) is 6.61 Å². The van der Waals surface area contributed by atoms with Gasteiger partial charge in [-0.3, -0.25) is 0 Å². The smallest absolute Gasteiger partial charge is 0.182 e. The lowest BCUT2D eigenvalue weighted by molar-refractivity contribution is 0.0889. The molecule has 1 saturated carbocycles. The fraction of sp³-hybridized carbons (Fsp3) is 0.400. The molecule has 0 N–H and O–H groups in total. The fourth-order valence-corrected chi connectivity index (χ4v) is 5.82. The number of benzene rings is 2. The average molecular weight is 413 g/mol. The zero-order chi connectivity index (χ0) is 19.4. The Morgan fingerprint density at radius 2 is 1.89 bits per heavy atom. The van der Waals surface area contributed by atoms with Crippen molar-refractivity contribution in [3.8, 4) is 5.75 Å².